The van der Waals surface area contributed by atoms with Crippen LogP contribution in [-0.2, 0) is 14.3 Å². The maximum atomic E-state index is 13.3. The van der Waals surface area contributed by atoms with E-state index in [1.165, 1.54) is 18.2 Å². The zero-order valence-electron chi connectivity index (χ0n) is 20.1. The minimum Gasteiger partial charge on any atom is -0.508 e. The number of rotatable bonds is 8. The van der Waals surface area contributed by atoms with E-state index in [1.807, 2.05) is 6.92 Å². The number of benzene rings is 2. The van der Waals surface area contributed by atoms with Crippen molar-refractivity contribution in [2.75, 3.05) is 18.1 Å². The highest BCUT2D eigenvalue weighted by molar-refractivity contribution is 7.17. The monoisotopic (exact) mass is 520 g/mol. The molecule has 0 aliphatic carbocycles. The lowest BCUT2D eigenvalue weighted by Crippen LogP contribution is -2.29. The molecule has 1 atom stereocenters. The van der Waals surface area contributed by atoms with Gasteiger partial charge in [-0.25, -0.2) is 9.78 Å². The number of aliphatic hydroxyl groups is 1. The van der Waals surface area contributed by atoms with E-state index in [0.717, 1.165) is 16.2 Å². The largest absolute Gasteiger partial charge is 0.508 e. The lowest BCUT2D eigenvalue weighted by Gasteiger charge is -2.23. The zero-order chi connectivity index (χ0) is 26.7. The van der Waals surface area contributed by atoms with Crippen LogP contribution in [0.15, 0.2) is 66.8 Å². The number of carbonyl (C=O) groups is 3. The van der Waals surface area contributed by atoms with Crippen molar-refractivity contribution in [3.8, 4) is 11.5 Å². The topological polar surface area (TPSA) is 126 Å². The number of amides is 1. The van der Waals surface area contributed by atoms with E-state index >= 15 is 0 Å². The van der Waals surface area contributed by atoms with E-state index in [2.05, 4.69) is 11.6 Å². The summed E-state index contributed by atoms with van der Waals surface area (Å²) in [5, 5.41) is 21.5. The predicted molar refractivity (Wildman–Crippen MR) is 138 cm³/mol. The van der Waals surface area contributed by atoms with Crippen molar-refractivity contribution in [1.82, 2.24) is 4.98 Å². The zero-order valence-corrected chi connectivity index (χ0v) is 20.9. The van der Waals surface area contributed by atoms with Crippen LogP contribution in [0.3, 0.4) is 0 Å². The quantitative estimate of drug-likeness (QED) is 0.146. The molecule has 1 aromatic heterocycles. The van der Waals surface area contributed by atoms with Crippen molar-refractivity contribution in [2.24, 2.45) is 0 Å². The molecule has 10 heteroatoms. The number of aryl methyl sites for hydroxylation is 1. The molecule has 0 bridgehead atoms. The fraction of sp³-hybridized carbons (Fsp3) is 0.185. The number of ether oxygens (including phenoxy) is 2. The Morgan fingerprint density at radius 1 is 1.22 bits per heavy atom. The second-order valence-corrected chi connectivity index (χ2v) is 9.00. The summed E-state index contributed by atoms with van der Waals surface area (Å²) in [6.07, 6.45) is 1.43. The summed E-state index contributed by atoms with van der Waals surface area (Å²) in [6, 6.07) is 11.4. The molecule has 0 radical (unpaired) electrons. The Hall–Kier alpha value is -4.44. The first-order valence-corrected chi connectivity index (χ1v) is 12.2. The molecule has 3 aromatic rings. The van der Waals surface area contributed by atoms with Crippen LogP contribution in [0.1, 0.15) is 39.5 Å². The number of thiazole rings is 1. The lowest BCUT2D eigenvalue weighted by atomic mass is 9.95. The molecule has 0 spiro atoms. The number of hydrogen-bond donors (Lipinski definition) is 2. The SMILES string of the molecule is C=CCOC(=O)c1sc(N2C(=O)C(=O)C(=C(O)c3cccc(OCC)c3)C2c2cccc(O)c2)nc1C. The van der Waals surface area contributed by atoms with Crippen molar-refractivity contribution >= 4 is 39.9 Å². The number of ketones is 1. The fourth-order valence-electron chi connectivity index (χ4n) is 3.97. The third kappa shape index (κ3) is 4.96. The highest BCUT2D eigenvalue weighted by atomic mass is 32.1. The Morgan fingerprint density at radius 2 is 1.97 bits per heavy atom. The number of carbonyl (C=O) groups excluding carboxylic acids is 3. The van der Waals surface area contributed by atoms with Crippen LogP contribution < -0.4 is 9.64 Å². The molecule has 190 valence electrons. The maximum Gasteiger partial charge on any atom is 0.350 e. The van der Waals surface area contributed by atoms with Crippen LogP contribution in [-0.4, -0.2) is 46.1 Å². The summed E-state index contributed by atoms with van der Waals surface area (Å²) in [5.74, 6) is -2.53. The number of esters is 1. The van der Waals surface area contributed by atoms with Crippen LogP contribution in [0.5, 0.6) is 11.5 Å². The van der Waals surface area contributed by atoms with Gasteiger partial charge in [0.25, 0.3) is 5.78 Å². The number of nitrogens with zero attached hydrogens (tertiary/aromatic N) is 2. The molecule has 2 heterocycles. The smallest absolute Gasteiger partial charge is 0.350 e. The molecule has 1 amide bonds. The van der Waals surface area contributed by atoms with Gasteiger partial charge >= 0.3 is 11.9 Å². The van der Waals surface area contributed by atoms with Gasteiger partial charge in [0, 0.05) is 5.56 Å². The molecule has 1 aliphatic heterocycles. The number of phenols is 1. The number of phenolic OH excluding ortho intramolecular Hbond substituents is 1. The van der Waals surface area contributed by atoms with Gasteiger partial charge in [0.15, 0.2) is 5.13 Å². The van der Waals surface area contributed by atoms with Gasteiger partial charge < -0.3 is 19.7 Å². The summed E-state index contributed by atoms with van der Waals surface area (Å²) in [5.41, 5.74) is 0.770. The molecule has 4 rings (SSSR count). The Morgan fingerprint density at radius 3 is 2.68 bits per heavy atom. The van der Waals surface area contributed by atoms with Gasteiger partial charge in [-0.3, -0.25) is 14.5 Å². The average Bonchev–Trinajstić information content (AvgIpc) is 3.39. The Bertz CT molecular complexity index is 1430. The van der Waals surface area contributed by atoms with Gasteiger partial charge in [-0.05, 0) is 43.7 Å². The molecule has 0 saturated carbocycles. The van der Waals surface area contributed by atoms with Crippen LogP contribution in [0.2, 0.25) is 0 Å². The normalized spacial score (nSPS) is 16.6. The highest BCUT2D eigenvalue weighted by Gasteiger charge is 2.48. The second kappa shape index (κ2) is 10.7. The van der Waals surface area contributed by atoms with Gasteiger partial charge in [0.05, 0.1) is 23.9 Å². The van der Waals surface area contributed by atoms with E-state index < -0.39 is 29.5 Å². The van der Waals surface area contributed by atoms with Crippen LogP contribution in [0, 0.1) is 6.92 Å². The van der Waals surface area contributed by atoms with Crippen molar-refractivity contribution in [3.05, 3.63) is 88.5 Å². The predicted octanol–water partition coefficient (Wildman–Crippen LogP) is 4.52. The van der Waals surface area contributed by atoms with Crippen molar-refractivity contribution < 1.29 is 34.1 Å². The first kappa shape index (κ1) is 25.6. The molecular weight excluding hydrogens is 496 g/mol. The van der Waals surface area contributed by atoms with Gasteiger partial charge in [0.1, 0.15) is 28.7 Å². The van der Waals surface area contributed by atoms with Gasteiger partial charge in [-0.15, -0.1) is 0 Å². The number of Topliss-reactive ketones (excluding diaryl/α,β-unsaturated/α-hetero) is 1. The standard InChI is InChI=1S/C27H24N2O7S/c1-4-12-36-26(34)24-15(3)28-27(37-24)29-21(16-8-6-10-18(30)13-16)20(23(32)25(29)33)22(31)17-9-7-11-19(14-17)35-5-2/h4,6-11,13-14,21,30-31H,1,5,12H2,2-3H3. The Labute approximate surface area is 216 Å². The maximum absolute atomic E-state index is 13.3. The van der Waals surface area contributed by atoms with Crippen molar-refractivity contribution in [3.63, 3.8) is 0 Å². The molecule has 1 saturated heterocycles. The molecule has 1 aliphatic rings. The molecule has 1 fully saturated rings. The summed E-state index contributed by atoms with van der Waals surface area (Å²) >= 11 is 0.889. The number of aromatic nitrogens is 1. The summed E-state index contributed by atoms with van der Waals surface area (Å²) in [4.78, 5) is 44.8. The summed E-state index contributed by atoms with van der Waals surface area (Å²) < 4.78 is 10.6. The second-order valence-electron chi connectivity index (χ2n) is 8.02. The number of anilines is 1. The summed E-state index contributed by atoms with van der Waals surface area (Å²) in [7, 11) is 0. The highest BCUT2D eigenvalue weighted by Crippen LogP contribution is 2.44. The van der Waals surface area contributed by atoms with E-state index in [1.54, 1.807) is 43.3 Å². The van der Waals surface area contributed by atoms with Crippen molar-refractivity contribution in [2.45, 2.75) is 19.9 Å². The van der Waals surface area contributed by atoms with Crippen molar-refractivity contribution in [1.29, 1.82) is 0 Å². The molecular formula is C27H24N2O7S. The van der Waals surface area contributed by atoms with Crippen LogP contribution >= 0.6 is 11.3 Å². The average molecular weight is 521 g/mol. The minimum atomic E-state index is -1.12. The lowest BCUT2D eigenvalue weighted by molar-refractivity contribution is -0.132. The first-order chi connectivity index (χ1) is 17.8. The number of aliphatic hydroxyl groups excluding tert-OH is 1. The number of aromatic hydroxyl groups is 1. The minimum absolute atomic E-state index is 0.000121. The first-order valence-electron chi connectivity index (χ1n) is 11.3. The van der Waals surface area contributed by atoms with E-state index in [0.29, 0.717) is 23.6 Å². The Kier molecular flexibility index (Phi) is 7.40. The van der Waals surface area contributed by atoms with Crippen LogP contribution in [0.25, 0.3) is 5.76 Å². The Balaban J connectivity index is 1.88. The van der Waals surface area contributed by atoms with E-state index in [-0.39, 0.29) is 33.5 Å². The van der Waals surface area contributed by atoms with Gasteiger partial charge in [0.2, 0.25) is 0 Å². The third-order valence-corrected chi connectivity index (χ3v) is 6.69. The molecule has 1 unspecified atom stereocenters. The molecule has 2 aromatic carbocycles. The molecule has 2 N–H and O–H groups in total. The number of hydrogen-bond acceptors (Lipinski definition) is 9. The fourth-order valence-corrected chi connectivity index (χ4v) is 4.96. The third-order valence-electron chi connectivity index (χ3n) is 5.56. The summed E-state index contributed by atoms with van der Waals surface area (Å²) in [6.45, 7) is 7.32. The van der Waals surface area contributed by atoms with Crippen LogP contribution in [0.4, 0.5) is 5.13 Å². The molecule has 37 heavy (non-hydrogen) atoms. The van der Waals surface area contributed by atoms with Gasteiger partial charge in [-0.2, -0.15) is 0 Å². The van der Waals surface area contributed by atoms with E-state index in [9.17, 15) is 24.6 Å². The van der Waals surface area contributed by atoms with Gasteiger partial charge in [-0.1, -0.05) is 48.3 Å². The molecule has 9 nitrogen and oxygen atoms in total. The van der Waals surface area contributed by atoms with E-state index in [4.69, 9.17) is 9.47 Å².